The summed E-state index contributed by atoms with van der Waals surface area (Å²) >= 11 is 1.65. The number of amides is 1. The molecule has 31 heavy (non-hydrogen) atoms. The zero-order valence-corrected chi connectivity index (χ0v) is 19.3. The maximum Gasteiger partial charge on any atom is 0.328 e. The molecule has 1 saturated heterocycles. The average Bonchev–Trinajstić information content (AvgIpc) is 3.29. The molecule has 1 aliphatic heterocycles. The minimum atomic E-state index is -0.601. The largest absolute Gasteiger partial charge is 0.467 e. The molecule has 1 N–H and O–H groups in total. The van der Waals surface area contributed by atoms with Crippen LogP contribution in [0.5, 0.6) is 0 Å². The van der Waals surface area contributed by atoms with Gasteiger partial charge in [-0.3, -0.25) is 14.6 Å². The van der Waals surface area contributed by atoms with Crippen LogP contribution in [-0.2, 0) is 20.9 Å². The lowest BCUT2D eigenvalue weighted by atomic mass is 10.0. The van der Waals surface area contributed by atoms with E-state index in [1.165, 1.54) is 36.3 Å². The van der Waals surface area contributed by atoms with Crippen molar-refractivity contribution in [3.8, 4) is 0 Å². The molecule has 3 rings (SSSR count). The SMILES string of the molecule is COC(=O)C(CCSC)NC(=O)CN(Cc1cccc2ccccc12)CN1CCCC1. The first-order valence-electron chi connectivity index (χ1n) is 10.9. The Labute approximate surface area is 189 Å². The van der Waals surface area contributed by atoms with Gasteiger partial charge in [-0.25, -0.2) is 4.79 Å². The first-order chi connectivity index (χ1) is 15.1. The molecule has 0 aromatic heterocycles. The molecule has 0 aliphatic carbocycles. The third-order valence-corrected chi connectivity index (χ3v) is 6.32. The predicted molar refractivity (Wildman–Crippen MR) is 127 cm³/mol. The summed E-state index contributed by atoms with van der Waals surface area (Å²) in [4.78, 5) is 29.5. The summed E-state index contributed by atoms with van der Waals surface area (Å²) in [5, 5.41) is 5.31. The number of hydrogen-bond donors (Lipinski definition) is 1. The molecule has 1 amide bonds. The summed E-state index contributed by atoms with van der Waals surface area (Å²) < 4.78 is 4.88. The molecule has 2 aromatic rings. The topological polar surface area (TPSA) is 61.9 Å². The molecule has 1 aliphatic rings. The predicted octanol–water partition coefficient (Wildman–Crippen LogP) is 3.11. The molecule has 0 saturated carbocycles. The molecular weight excluding hydrogens is 410 g/mol. The zero-order chi connectivity index (χ0) is 22.1. The lowest BCUT2D eigenvalue weighted by Gasteiger charge is -2.28. The van der Waals surface area contributed by atoms with Crippen molar-refractivity contribution in [3.05, 3.63) is 48.0 Å². The Bertz CT molecular complexity index is 865. The van der Waals surface area contributed by atoms with E-state index < -0.39 is 6.04 Å². The Kier molecular flexibility index (Phi) is 9.18. The number of rotatable bonds is 11. The minimum Gasteiger partial charge on any atom is -0.467 e. The van der Waals surface area contributed by atoms with Crippen LogP contribution in [0.1, 0.15) is 24.8 Å². The van der Waals surface area contributed by atoms with Gasteiger partial charge < -0.3 is 10.1 Å². The number of fused-ring (bicyclic) bond motifs is 1. The van der Waals surface area contributed by atoms with E-state index in [-0.39, 0.29) is 18.4 Å². The van der Waals surface area contributed by atoms with Crippen molar-refractivity contribution in [2.75, 3.05) is 45.4 Å². The fraction of sp³-hybridized carbons (Fsp3) is 0.500. The summed E-state index contributed by atoms with van der Waals surface area (Å²) in [6, 6.07) is 14.1. The van der Waals surface area contributed by atoms with Gasteiger partial charge >= 0.3 is 5.97 Å². The maximum absolute atomic E-state index is 12.9. The smallest absolute Gasteiger partial charge is 0.328 e. The van der Waals surface area contributed by atoms with Crippen molar-refractivity contribution < 1.29 is 14.3 Å². The fourth-order valence-corrected chi connectivity index (χ4v) is 4.58. The van der Waals surface area contributed by atoms with Crippen LogP contribution < -0.4 is 5.32 Å². The Balaban J connectivity index is 1.72. The summed E-state index contributed by atoms with van der Waals surface area (Å²) in [5.74, 6) is 0.256. The van der Waals surface area contributed by atoms with Crippen molar-refractivity contribution in [2.24, 2.45) is 0 Å². The number of nitrogens with one attached hydrogen (secondary N) is 1. The standard InChI is InChI=1S/C24H33N3O3S/c1-30-24(29)22(12-15-31-2)25-23(28)17-27(18-26-13-5-6-14-26)16-20-10-7-9-19-8-3-4-11-21(19)20/h3-4,7-11,22H,5-6,12-18H2,1-2H3,(H,25,28). The quantitative estimate of drug-likeness (QED) is 0.539. The number of benzene rings is 2. The third-order valence-electron chi connectivity index (χ3n) is 5.67. The number of esters is 1. The highest BCUT2D eigenvalue weighted by Crippen LogP contribution is 2.20. The highest BCUT2D eigenvalue weighted by atomic mass is 32.2. The minimum absolute atomic E-state index is 0.143. The molecule has 1 atom stereocenters. The normalized spacial score (nSPS) is 15.3. The van der Waals surface area contributed by atoms with E-state index >= 15 is 0 Å². The Morgan fingerprint density at radius 3 is 2.65 bits per heavy atom. The van der Waals surface area contributed by atoms with Gasteiger partial charge in [0.25, 0.3) is 0 Å². The number of nitrogens with zero attached hydrogens (tertiary/aromatic N) is 2. The van der Waals surface area contributed by atoms with Gasteiger partial charge in [0.15, 0.2) is 0 Å². The Hall–Kier alpha value is -2.09. The highest BCUT2D eigenvalue weighted by molar-refractivity contribution is 7.98. The van der Waals surface area contributed by atoms with Gasteiger partial charge in [0.05, 0.1) is 20.3 Å². The number of likely N-dealkylation sites (tertiary alicyclic amines) is 1. The molecule has 0 radical (unpaired) electrons. The van der Waals surface area contributed by atoms with E-state index in [9.17, 15) is 9.59 Å². The Morgan fingerprint density at radius 2 is 1.90 bits per heavy atom. The average molecular weight is 444 g/mol. The van der Waals surface area contributed by atoms with Gasteiger partial charge in [0, 0.05) is 6.54 Å². The van der Waals surface area contributed by atoms with Crippen LogP contribution in [0.25, 0.3) is 10.8 Å². The van der Waals surface area contributed by atoms with Crippen molar-refractivity contribution >= 4 is 34.4 Å². The Morgan fingerprint density at radius 1 is 1.16 bits per heavy atom. The number of carbonyl (C=O) groups is 2. The molecule has 2 aromatic carbocycles. The molecule has 1 unspecified atom stereocenters. The summed E-state index contributed by atoms with van der Waals surface area (Å²) in [7, 11) is 1.36. The lowest BCUT2D eigenvalue weighted by Crippen LogP contribution is -2.48. The first kappa shape index (κ1) is 23.6. The van der Waals surface area contributed by atoms with E-state index in [4.69, 9.17) is 4.74 Å². The molecule has 168 valence electrons. The van der Waals surface area contributed by atoms with Gasteiger partial charge in [0.1, 0.15) is 6.04 Å². The van der Waals surface area contributed by atoms with Crippen molar-refractivity contribution in [2.45, 2.75) is 31.8 Å². The number of hydrogen-bond acceptors (Lipinski definition) is 6. The second-order valence-electron chi connectivity index (χ2n) is 8.02. The number of methoxy groups -OCH3 is 1. The van der Waals surface area contributed by atoms with E-state index in [1.807, 2.05) is 12.3 Å². The van der Waals surface area contributed by atoms with Gasteiger partial charge in [-0.15, -0.1) is 0 Å². The number of ether oxygens (including phenoxy) is 1. The van der Waals surface area contributed by atoms with Crippen molar-refractivity contribution in [3.63, 3.8) is 0 Å². The van der Waals surface area contributed by atoms with Crippen molar-refractivity contribution in [1.82, 2.24) is 15.1 Å². The van der Waals surface area contributed by atoms with Crippen molar-refractivity contribution in [1.29, 1.82) is 0 Å². The van der Waals surface area contributed by atoms with Crippen LogP contribution in [0.3, 0.4) is 0 Å². The maximum atomic E-state index is 12.9. The van der Waals surface area contributed by atoms with E-state index in [1.54, 1.807) is 11.8 Å². The van der Waals surface area contributed by atoms with Crippen LogP contribution in [-0.4, -0.2) is 73.1 Å². The molecule has 1 fully saturated rings. The molecule has 0 spiro atoms. The number of thioether (sulfide) groups is 1. The highest BCUT2D eigenvalue weighted by Gasteiger charge is 2.24. The van der Waals surface area contributed by atoms with E-state index in [0.717, 1.165) is 25.5 Å². The second-order valence-corrected chi connectivity index (χ2v) is 9.00. The zero-order valence-electron chi connectivity index (χ0n) is 18.5. The second kappa shape index (κ2) is 12.1. The fourth-order valence-electron chi connectivity index (χ4n) is 4.10. The van der Waals surface area contributed by atoms with Gasteiger partial charge in [-0.1, -0.05) is 42.5 Å². The van der Waals surface area contributed by atoms with Crippen LogP contribution in [0.4, 0.5) is 0 Å². The van der Waals surface area contributed by atoms with Gasteiger partial charge in [-0.2, -0.15) is 11.8 Å². The molecular formula is C24H33N3O3S. The van der Waals surface area contributed by atoms with Crippen LogP contribution in [0.15, 0.2) is 42.5 Å². The van der Waals surface area contributed by atoms with Crippen LogP contribution in [0.2, 0.25) is 0 Å². The molecule has 0 bridgehead atoms. The van der Waals surface area contributed by atoms with Crippen LogP contribution >= 0.6 is 11.8 Å². The first-order valence-corrected chi connectivity index (χ1v) is 12.3. The molecule has 1 heterocycles. The summed E-state index contributed by atoms with van der Waals surface area (Å²) in [6.45, 7) is 3.79. The number of carbonyl (C=O) groups excluding carboxylic acids is 2. The molecule has 7 heteroatoms. The van der Waals surface area contributed by atoms with Gasteiger partial charge in [0.2, 0.25) is 5.91 Å². The van der Waals surface area contributed by atoms with E-state index in [2.05, 4.69) is 51.5 Å². The third kappa shape index (κ3) is 6.95. The monoisotopic (exact) mass is 443 g/mol. The lowest BCUT2D eigenvalue weighted by molar-refractivity contribution is -0.145. The van der Waals surface area contributed by atoms with Gasteiger partial charge in [-0.05, 0) is 60.7 Å². The summed E-state index contributed by atoms with van der Waals surface area (Å²) in [6.07, 6.45) is 4.95. The van der Waals surface area contributed by atoms with Crippen LogP contribution in [0, 0.1) is 0 Å². The molecule has 6 nitrogen and oxygen atoms in total. The summed E-state index contributed by atoms with van der Waals surface area (Å²) in [5.41, 5.74) is 1.21. The van der Waals surface area contributed by atoms with E-state index in [0.29, 0.717) is 13.0 Å².